The summed E-state index contributed by atoms with van der Waals surface area (Å²) < 4.78 is 17.3. The summed E-state index contributed by atoms with van der Waals surface area (Å²) in [5, 5.41) is 3.75. The number of benzene rings is 2. The average Bonchev–Trinajstić information content (AvgIpc) is 2.73. The Morgan fingerprint density at radius 2 is 1.57 bits per heavy atom. The van der Waals surface area contributed by atoms with E-state index >= 15 is 0 Å². The zero-order valence-electron chi connectivity index (χ0n) is 16.2. The number of aryl methyl sites for hydroxylation is 1. The maximum absolute atomic E-state index is 13.0. The van der Waals surface area contributed by atoms with E-state index in [9.17, 15) is 9.59 Å². The fraction of sp³-hybridized carbons (Fsp3) is 0.238. The van der Waals surface area contributed by atoms with Crippen LogP contribution in [0.2, 0.25) is 0 Å². The minimum absolute atomic E-state index is 0.195. The number of hydrogen-bond donors (Lipinski definition) is 1. The largest absolute Gasteiger partial charge is 0.497 e. The number of hydrogen-bond acceptors (Lipinski definition) is 5. The highest BCUT2D eigenvalue weighted by molar-refractivity contribution is 6.13. The first-order valence-corrected chi connectivity index (χ1v) is 8.77. The SMILES string of the molecule is CCn1cc(C(=O)Nc2ccc(OC)cc2)c2cc(OC)c(OC)cc2c1=O. The summed E-state index contributed by atoms with van der Waals surface area (Å²) in [4.78, 5) is 25.7. The van der Waals surface area contributed by atoms with E-state index in [0.29, 0.717) is 45.8 Å². The molecule has 0 aliphatic heterocycles. The Bertz CT molecular complexity index is 1070. The number of methoxy groups -OCH3 is 3. The lowest BCUT2D eigenvalue weighted by Gasteiger charge is -2.14. The highest BCUT2D eigenvalue weighted by Crippen LogP contribution is 2.32. The molecule has 0 aliphatic carbocycles. The van der Waals surface area contributed by atoms with Crippen LogP contribution in [0.1, 0.15) is 17.3 Å². The molecule has 0 radical (unpaired) electrons. The number of anilines is 1. The molecule has 1 aromatic heterocycles. The first-order chi connectivity index (χ1) is 13.5. The number of nitrogens with one attached hydrogen (secondary N) is 1. The van der Waals surface area contributed by atoms with Crippen LogP contribution in [0.4, 0.5) is 5.69 Å². The molecular formula is C21H22N2O5. The Kier molecular flexibility index (Phi) is 5.54. The Morgan fingerprint density at radius 3 is 2.11 bits per heavy atom. The van der Waals surface area contributed by atoms with Gasteiger partial charge in [-0.1, -0.05) is 0 Å². The molecule has 0 atom stereocenters. The van der Waals surface area contributed by atoms with Gasteiger partial charge in [0.05, 0.1) is 32.3 Å². The summed E-state index contributed by atoms with van der Waals surface area (Å²) in [5.41, 5.74) is 0.793. The maximum Gasteiger partial charge on any atom is 0.258 e. The standard InChI is InChI=1S/C21H22N2O5/c1-5-23-12-17(20(24)22-13-6-8-14(26-2)9-7-13)15-10-18(27-3)19(28-4)11-16(15)21(23)25/h6-12H,5H2,1-4H3,(H,22,24). The molecule has 28 heavy (non-hydrogen) atoms. The lowest BCUT2D eigenvalue weighted by molar-refractivity contribution is 0.102. The van der Waals surface area contributed by atoms with Gasteiger partial charge in [0, 0.05) is 23.8 Å². The van der Waals surface area contributed by atoms with Crippen molar-refractivity contribution in [3.05, 3.63) is 58.5 Å². The average molecular weight is 382 g/mol. The zero-order valence-corrected chi connectivity index (χ0v) is 16.2. The molecular weight excluding hydrogens is 360 g/mol. The van der Waals surface area contributed by atoms with Gasteiger partial charge in [-0.25, -0.2) is 0 Å². The van der Waals surface area contributed by atoms with E-state index in [1.807, 2.05) is 6.92 Å². The number of carbonyl (C=O) groups is 1. The van der Waals surface area contributed by atoms with Crippen molar-refractivity contribution >= 4 is 22.4 Å². The summed E-state index contributed by atoms with van der Waals surface area (Å²) in [6.45, 7) is 2.28. The van der Waals surface area contributed by atoms with Gasteiger partial charge in [-0.15, -0.1) is 0 Å². The van der Waals surface area contributed by atoms with Crippen LogP contribution in [0, 0.1) is 0 Å². The van der Waals surface area contributed by atoms with Crippen molar-refractivity contribution < 1.29 is 19.0 Å². The number of rotatable bonds is 6. The smallest absolute Gasteiger partial charge is 0.258 e. The summed E-state index contributed by atoms with van der Waals surface area (Å²) >= 11 is 0. The van der Waals surface area contributed by atoms with Gasteiger partial charge in [0.25, 0.3) is 11.5 Å². The van der Waals surface area contributed by atoms with Crippen LogP contribution in [0.3, 0.4) is 0 Å². The third-order valence-corrected chi connectivity index (χ3v) is 4.52. The van der Waals surface area contributed by atoms with Crippen molar-refractivity contribution in [2.45, 2.75) is 13.5 Å². The normalized spacial score (nSPS) is 10.6. The van der Waals surface area contributed by atoms with Gasteiger partial charge >= 0.3 is 0 Å². The van der Waals surface area contributed by atoms with E-state index in [-0.39, 0.29) is 11.5 Å². The molecule has 0 spiro atoms. The fourth-order valence-electron chi connectivity index (χ4n) is 3.01. The van der Waals surface area contributed by atoms with Gasteiger partial charge in [0.15, 0.2) is 11.5 Å². The minimum Gasteiger partial charge on any atom is -0.497 e. The van der Waals surface area contributed by atoms with Crippen molar-refractivity contribution in [1.82, 2.24) is 4.57 Å². The van der Waals surface area contributed by atoms with E-state index < -0.39 is 0 Å². The molecule has 146 valence electrons. The van der Waals surface area contributed by atoms with Crippen LogP contribution in [-0.4, -0.2) is 31.8 Å². The third kappa shape index (κ3) is 3.51. The highest BCUT2D eigenvalue weighted by atomic mass is 16.5. The number of amides is 1. The number of nitrogens with zero attached hydrogens (tertiary/aromatic N) is 1. The van der Waals surface area contributed by atoms with Crippen molar-refractivity contribution in [2.24, 2.45) is 0 Å². The number of fused-ring (bicyclic) bond motifs is 1. The molecule has 1 amide bonds. The lowest BCUT2D eigenvalue weighted by Crippen LogP contribution is -2.23. The number of carbonyl (C=O) groups excluding carboxylic acids is 1. The van der Waals surface area contributed by atoms with E-state index in [0.717, 1.165) is 0 Å². The first-order valence-electron chi connectivity index (χ1n) is 8.77. The number of ether oxygens (including phenoxy) is 3. The molecule has 0 bridgehead atoms. The zero-order chi connectivity index (χ0) is 20.3. The first kappa shape index (κ1) is 19.3. The topological polar surface area (TPSA) is 78.8 Å². The second-order valence-electron chi connectivity index (χ2n) is 6.07. The molecule has 0 saturated heterocycles. The predicted molar refractivity (Wildman–Crippen MR) is 108 cm³/mol. The van der Waals surface area contributed by atoms with Crippen LogP contribution in [0.5, 0.6) is 17.2 Å². The van der Waals surface area contributed by atoms with Crippen LogP contribution in [0.15, 0.2) is 47.4 Å². The molecule has 2 aromatic carbocycles. The van der Waals surface area contributed by atoms with Gasteiger partial charge in [-0.2, -0.15) is 0 Å². The van der Waals surface area contributed by atoms with Gasteiger partial charge < -0.3 is 24.1 Å². The van der Waals surface area contributed by atoms with Crippen LogP contribution < -0.4 is 25.1 Å². The van der Waals surface area contributed by atoms with E-state index in [2.05, 4.69) is 5.32 Å². The second kappa shape index (κ2) is 8.04. The summed E-state index contributed by atoms with van der Waals surface area (Å²) in [6, 6.07) is 10.3. The van der Waals surface area contributed by atoms with Gasteiger partial charge in [0.1, 0.15) is 5.75 Å². The monoisotopic (exact) mass is 382 g/mol. The molecule has 3 rings (SSSR count). The van der Waals surface area contributed by atoms with E-state index in [1.54, 1.807) is 49.7 Å². The quantitative estimate of drug-likeness (QED) is 0.708. The molecule has 0 unspecified atom stereocenters. The van der Waals surface area contributed by atoms with E-state index in [1.165, 1.54) is 18.8 Å². The predicted octanol–water partition coefficient (Wildman–Crippen LogP) is 3.30. The lowest BCUT2D eigenvalue weighted by atomic mass is 10.1. The molecule has 7 heteroatoms. The molecule has 3 aromatic rings. The summed E-state index contributed by atoms with van der Waals surface area (Å²) in [5.74, 6) is 1.24. The Hall–Kier alpha value is -3.48. The number of pyridine rings is 1. The molecule has 0 aliphatic rings. The minimum atomic E-state index is -0.329. The third-order valence-electron chi connectivity index (χ3n) is 4.52. The highest BCUT2D eigenvalue weighted by Gasteiger charge is 2.18. The Balaban J connectivity index is 2.13. The molecule has 1 N–H and O–H groups in total. The molecule has 0 fully saturated rings. The van der Waals surface area contributed by atoms with Gasteiger partial charge in [0.2, 0.25) is 0 Å². The fourth-order valence-corrected chi connectivity index (χ4v) is 3.01. The summed E-state index contributed by atoms with van der Waals surface area (Å²) in [6.07, 6.45) is 1.56. The van der Waals surface area contributed by atoms with Crippen molar-refractivity contribution in [3.8, 4) is 17.2 Å². The Labute approximate surface area is 162 Å². The molecule has 7 nitrogen and oxygen atoms in total. The van der Waals surface area contributed by atoms with Crippen molar-refractivity contribution in [3.63, 3.8) is 0 Å². The molecule has 0 saturated carbocycles. The number of aromatic nitrogens is 1. The Morgan fingerprint density at radius 1 is 0.964 bits per heavy atom. The van der Waals surface area contributed by atoms with Crippen LogP contribution >= 0.6 is 0 Å². The van der Waals surface area contributed by atoms with Gasteiger partial charge in [-0.05, 0) is 43.3 Å². The molecule has 1 heterocycles. The van der Waals surface area contributed by atoms with Crippen LogP contribution in [0.25, 0.3) is 10.8 Å². The maximum atomic E-state index is 13.0. The van der Waals surface area contributed by atoms with E-state index in [4.69, 9.17) is 14.2 Å². The van der Waals surface area contributed by atoms with Crippen LogP contribution in [-0.2, 0) is 6.54 Å². The van der Waals surface area contributed by atoms with Crippen molar-refractivity contribution in [1.29, 1.82) is 0 Å². The second-order valence-corrected chi connectivity index (χ2v) is 6.07. The summed E-state index contributed by atoms with van der Waals surface area (Å²) in [7, 11) is 4.59. The van der Waals surface area contributed by atoms with Crippen molar-refractivity contribution in [2.75, 3.05) is 26.6 Å². The van der Waals surface area contributed by atoms with Gasteiger partial charge in [-0.3, -0.25) is 9.59 Å².